The number of carbonyl (C=O) groups is 1. The lowest BCUT2D eigenvalue weighted by Gasteiger charge is -2.12. The maximum Gasteiger partial charge on any atom is 0.182 e. The van der Waals surface area contributed by atoms with Gasteiger partial charge in [0.05, 0.1) is 0 Å². The van der Waals surface area contributed by atoms with Crippen molar-refractivity contribution < 1.29 is 24.5 Å². The lowest BCUT2D eigenvalue weighted by molar-refractivity contribution is -0.110. The first kappa shape index (κ1) is 24.4. The van der Waals surface area contributed by atoms with Crippen molar-refractivity contribution in [3.63, 3.8) is 0 Å². The van der Waals surface area contributed by atoms with Crippen LogP contribution >= 0.6 is 0 Å². The number of aliphatic hydroxyl groups is 1. The summed E-state index contributed by atoms with van der Waals surface area (Å²) in [5.74, 6) is -0.000232. The quantitative estimate of drug-likeness (QED) is 0.195. The van der Waals surface area contributed by atoms with Crippen LogP contribution in [0.4, 0.5) is 0 Å². The zero-order valence-corrected chi connectivity index (χ0v) is 19.6. The Morgan fingerprint density at radius 3 is 1.97 bits per heavy atom. The SMILES string of the molecule is O=C(/C=C(\O)c1c(O)cccc1OCc1ccccc1)/C=C/c1ccc(OCc2ccccc2)cc1. The van der Waals surface area contributed by atoms with Gasteiger partial charge < -0.3 is 19.7 Å². The van der Waals surface area contributed by atoms with E-state index in [4.69, 9.17) is 9.47 Å². The van der Waals surface area contributed by atoms with Crippen molar-refractivity contribution in [2.24, 2.45) is 0 Å². The fourth-order valence-corrected chi connectivity index (χ4v) is 3.48. The average Bonchev–Trinajstić information content (AvgIpc) is 2.91. The maximum atomic E-state index is 12.5. The van der Waals surface area contributed by atoms with Crippen LogP contribution in [0.5, 0.6) is 17.2 Å². The summed E-state index contributed by atoms with van der Waals surface area (Å²) in [6.45, 7) is 0.728. The van der Waals surface area contributed by atoms with Gasteiger partial charge in [0.2, 0.25) is 0 Å². The molecule has 0 bridgehead atoms. The third-order valence-electron chi connectivity index (χ3n) is 5.34. The summed E-state index contributed by atoms with van der Waals surface area (Å²) in [7, 11) is 0. The molecule has 0 atom stereocenters. The molecule has 5 heteroatoms. The molecule has 4 aromatic carbocycles. The predicted octanol–water partition coefficient (Wildman–Crippen LogP) is 6.73. The lowest BCUT2D eigenvalue weighted by Crippen LogP contribution is -1.99. The van der Waals surface area contributed by atoms with Gasteiger partial charge in [-0.05, 0) is 47.0 Å². The van der Waals surface area contributed by atoms with Gasteiger partial charge >= 0.3 is 0 Å². The summed E-state index contributed by atoms with van der Waals surface area (Å²) in [5.41, 5.74) is 2.88. The highest BCUT2D eigenvalue weighted by molar-refractivity contribution is 6.06. The highest BCUT2D eigenvalue weighted by Crippen LogP contribution is 2.33. The Kier molecular flexibility index (Phi) is 8.18. The molecule has 2 N–H and O–H groups in total. The molecule has 4 aromatic rings. The number of hydrogen-bond acceptors (Lipinski definition) is 5. The van der Waals surface area contributed by atoms with Gasteiger partial charge in [0.1, 0.15) is 41.8 Å². The first-order valence-corrected chi connectivity index (χ1v) is 11.5. The zero-order chi connectivity index (χ0) is 25.2. The maximum absolute atomic E-state index is 12.5. The van der Waals surface area contributed by atoms with Gasteiger partial charge in [-0.1, -0.05) is 84.9 Å². The molecule has 36 heavy (non-hydrogen) atoms. The van der Waals surface area contributed by atoms with Crippen LogP contribution in [0.3, 0.4) is 0 Å². The summed E-state index contributed by atoms with van der Waals surface area (Å²) >= 11 is 0. The molecule has 0 saturated carbocycles. The van der Waals surface area contributed by atoms with Gasteiger partial charge in [0.15, 0.2) is 5.78 Å². The van der Waals surface area contributed by atoms with E-state index in [1.807, 2.05) is 84.9 Å². The number of phenols is 1. The summed E-state index contributed by atoms with van der Waals surface area (Å²) in [6, 6.07) is 31.4. The second-order valence-electron chi connectivity index (χ2n) is 8.03. The van der Waals surface area contributed by atoms with Gasteiger partial charge in [0, 0.05) is 6.08 Å². The molecule has 0 heterocycles. The number of phenolic OH excluding ortho intramolecular Hbond substituents is 1. The van der Waals surface area contributed by atoms with Crippen molar-refractivity contribution in [3.05, 3.63) is 138 Å². The standard InChI is InChI=1S/C31H26O5/c32-26(17-14-23-15-18-27(19-16-23)35-21-24-8-3-1-4-9-24)20-29(34)31-28(33)12-7-13-30(31)36-22-25-10-5-2-6-11-25/h1-20,33-34H,21-22H2/b17-14+,29-20-. The molecule has 0 aliphatic rings. The summed E-state index contributed by atoms with van der Waals surface area (Å²) in [4.78, 5) is 12.5. The molecule has 0 aromatic heterocycles. The van der Waals surface area contributed by atoms with E-state index in [2.05, 4.69) is 0 Å². The second-order valence-corrected chi connectivity index (χ2v) is 8.03. The van der Waals surface area contributed by atoms with Gasteiger partial charge in [-0.25, -0.2) is 0 Å². The molecule has 0 aliphatic heterocycles. The van der Waals surface area contributed by atoms with Gasteiger partial charge in [-0.15, -0.1) is 0 Å². The fraction of sp³-hybridized carbons (Fsp3) is 0.0645. The molecule has 0 unspecified atom stereocenters. The summed E-state index contributed by atoms with van der Waals surface area (Å²) < 4.78 is 11.6. The van der Waals surface area contributed by atoms with Crippen molar-refractivity contribution in [1.29, 1.82) is 0 Å². The molecule has 0 saturated heterocycles. The number of carbonyl (C=O) groups excluding carboxylic acids is 1. The lowest BCUT2D eigenvalue weighted by atomic mass is 10.1. The van der Waals surface area contributed by atoms with Crippen LogP contribution in [0.2, 0.25) is 0 Å². The first-order valence-electron chi connectivity index (χ1n) is 11.5. The van der Waals surface area contributed by atoms with Crippen molar-refractivity contribution in [1.82, 2.24) is 0 Å². The number of ketones is 1. The van der Waals surface area contributed by atoms with Crippen LogP contribution in [-0.4, -0.2) is 16.0 Å². The zero-order valence-electron chi connectivity index (χ0n) is 19.6. The smallest absolute Gasteiger partial charge is 0.182 e. The number of ether oxygens (including phenoxy) is 2. The normalized spacial score (nSPS) is 11.4. The fourth-order valence-electron chi connectivity index (χ4n) is 3.48. The van der Waals surface area contributed by atoms with Crippen LogP contribution in [0.15, 0.2) is 115 Å². The van der Waals surface area contributed by atoms with E-state index in [1.54, 1.807) is 18.2 Å². The molecule has 5 nitrogen and oxygen atoms in total. The monoisotopic (exact) mass is 478 g/mol. The Morgan fingerprint density at radius 2 is 1.33 bits per heavy atom. The number of benzene rings is 4. The Labute approximate surface area is 210 Å². The Bertz CT molecular complexity index is 1340. The van der Waals surface area contributed by atoms with Crippen molar-refractivity contribution in [2.45, 2.75) is 13.2 Å². The third-order valence-corrected chi connectivity index (χ3v) is 5.34. The molecule has 0 spiro atoms. The molecule has 0 aliphatic carbocycles. The number of rotatable bonds is 10. The van der Waals surface area contributed by atoms with Crippen LogP contribution < -0.4 is 9.47 Å². The van der Waals surface area contributed by atoms with Gasteiger partial charge in [0.25, 0.3) is 0 Å². The van der Waals surface area contributed by atoms with Gasteiger partial charge in [-0.2, -0.15) is 0 Å². The summed E-state index contributed by atoms with van der Waals surface area (Å²) in [5, 5.41) is 20.9. The van der Waals surface area contributed by atoms with E-state index in [0.717, 1.165) is 28.5 Å². The highest BCUT2D eigenvalue weighted by Gasteiger charge is 2.14. The Morgan fingerprint density at radius 1 is 0.722 bits per heavy atom. The minimum absolute atomic E-state index is 0.0649. The third kappa shape index (κ3) is 6.87. The minimum atomic E-state index is -0.436. The number of aromatic hydroxyl groups is 1. The predicted molar refractivity (Wildman–Crippen MR) is 141 cm³/mol. The van der Waals surface area contributed by atoms with Crippen LogP contribution in [0.25, 0.3) is 11.8 Å². The first-order chi connectivity index (χ1) is 17.6. The van der Waals surface area contributed by atoms with Crippen LogP contribution in [0, 0.1) is 0 Å². The number of allylic oxidation sites excluding steroid dienone is 2. The Hall–Kier alpha value is -4.77. The topological polar surface area (TPSA) is 76.0 Å². The highest BCUT2D eigenvalue weighted by atomic mass is 16.5. The minimum Gasteiger partial charge on any atom is -0.507 e. The second kappa shape index (κ2) is 12.1. The van der Waals surface area contributed by atoms with Crippen LogP contribution in [0.1, 0.15) is 22.3 Å². The molecule has 4 rings (SSSR count). The van der Waals surface area contributed by atoms with E-state index in [1.165, 1.54) is 12.1 Å². The van der Waals surface area contributed by atoms with E-state index >= 15 is 0 Å². The van der Waals surface area contributed by atoms with Gasteiger partial charge in [-0.3, -0.25) is 4.79 Å². The average molecular weight is 479 g/mol. The number of hydrogen-bond donors (Lipinski definition) is 2. The molecular formula is C31H26O5. The summed E-state index contributed by atoms with van der Waals surface area (Å²) in [6.07, 6.45) is 4.05. The largest absolute Gasteiger partial charge is 0.507 e. The molecular weight excluding hydrogens is 452 g/mol. The van der Waals surface area contributed by atoms with Crippen molar-refractivity contribution in [2.75, 3.05) is 0 Å². The molecule has 0 amide bonds. The van der Waals surface area contributed by atoms with Crippen molar-refractivity contribution >= 4 is 17.6 Å². The Balaban J connectivity index is 1.39. The van der Waals surface area contributed by atoms with E-state index in [-0.39, 0.29) is 29.4 Å². The van der Waals surface area contributed by atoms with E-state index in [9.17, 15) is 15.0 Å². The van der Waals surface area contributed by atoms with E-state index in [0.29, 0.717) is 6.61 Å². The molecule has 180 valence electrons. The van der Waals surface area contributed by atoms with Crippen molar-refractivity contribution in [3.8, 4) is 17.2 Å². The number of aliphatic hydroxyl groups excluding tert-OH is 1. The molecule has 0 radical (unpaired) electrons. The molecule has 0 fully saturated rings. The van der Waals surface area contributed by atoms with E-state index < -0.39 is 5.78 Å². The van der Waals surface area contributed by atoms with Crippen LogP contribution in [-0.2, 0) is 18.0 Å².